The van der Waals surface area contributed by atoms with Crippen LogP contribution in [0.5, 0.6) is 0 Å². The van der Waals surface area contributed by atoms with Gasteiger partial charge in [-0.15, -0.1) is 11.3 Å². The molecular formula is C20H22BrNO3S. The van der Waals surface area contributed by atoms with E-state index in [9.17, 15) is 14.7 Å². The maximum Gasteiger partial charge on any atom is 0.223 e. The van der Waals surface area contributed by atoms with Crippen molar-refractivity contribution in [3.8, 4) is 0 Å². The Kier molecular flexibility index (Phi) is 6.62. The van der Waals surface area contributed by atoms with Gasteiger partial charge in [0.05, 0.1) is 6.10 Å². The number of ketones is 1. The number of likely N-dealkylation sites (tertiary alicyclic amines) is 1. The highest BCUT2D eigenvalue weighted by Crippen LogP contribution is 2.30. The molecule has 0 aliphatic carbocycles. The lowest BCUT2D eigenvalue weighted by atomic mass is 10.0. The van der Waals surface area contributed by atoms with Gasteiger partial charge in [0.1, 0.15) is 0 Å². The molecule has 3 rings (SSSR count). The second kappa shape index (κ2) is 8.93. The summed E-state index contributed by atoms with van der Waals surface area (Å²) in [7, 11) is 0. The number of hydrogen-bond acceptors (Lipinski definition) is 4. The Bertz CT molecular complexity index is 745. The third-order valence-corrected chi connectivity index (χ3v) is 6.30. The number of thiophene rings is 1. The summed E-state index contributed by atoms with van der Waals surface area (Å²) >= 11 is 4.89. The van der Waals surface area contributed by atoms with E-state index in [0.717, 1.165) is 22.2 Å². The molecule has 138 valence electrons. The zero-order valence-electron chi connectivity index (χ0n) is 14.4. The molecule has 4 nitrogen and oxygen atoms in total. The number of hydrogen-bond donors (Lipinski definition) is 1. The van der Waals surface area contributed by atoms with Crippen molar-refractivity contribution < 1.29 is 14.7 Å². The lowest BCUT2D eigenvalue weighted by molar-refractivity contribution is -0.132. The Morgan fingerprint density at radius 1 is 1.23 bits per heavy atom. The number of Topliss-reactive ketones (excluding diaryl/α,β-unsaturated/α-hetero) is 1. The Balaban J connectivity index is 1.53. The first-order valence-electron chi connectivity index (χ1n) is 8.84. The number of carbonyl (C=O) groups excluding carboxylic acids is 2. The minimum atomic E-state index is -0.530. The number of aliphatic hydroxyl groups excluding tert-OH is 1. The molecule has 1 aliphatic heterocycles. The fourth-order valence-electron chi connectivity index (χ4n) is 3.41. The topological polar surface area (TPSA) is 57.6 Å². The highest BCUT2D eigenvalue weighted by molar-refractivity contribution is 9.10. The zero-order chi connectivity index (χ0) is 18.5. The summed E-state index contributed by atoms with van der Waals surface area (Å²) in [5.74, 6) is -0.00319. The highest BCUT2D eigenvalue weighted by atomic mass is 79.9. The van der Waals surface area contributed by atoms with Gasteiger partial charge in [0.15, 0.2) is 5.78 Å². The molecule has 26 heavy (non-hydrogen) atoms. The van der Waals surface area contributed by atoms with E-state index < -0.39 is 6.10 Å². The van der Waals surface area contributed by atoms with Crippen LogP contribution < -0.4 is 0 Å². The van der Waals surface area contributed by atoms with Gasteiger partial charge in [-0.2, -0.15) is 0 Å². The van der Waals surface area contributed by atoms with E-state index in [1.54, 1.807) is 12.1 Å². The second-order valence-corrected chi connectivity index (χ2v) is 8.48. The molecule has 0 radical (unpaired) electrons. The number of nitrogens with zero attached hydrogens (tertiary/aromatic N) is 1. The van der Waals surface area contributed by atoms with Crippen molar-refractivity contribution in [1.29, 1.82) is 0 Å². The number of benzene rings is 1. The van der Waals surface area contributed by atoms with Crippen molar-refractivity contribution in [2.45, 2.75) is 44.2 Å². The van der Waals surface area contributed by atoms with Crippen LogP contribution in [0.25, 0.3) is 0 Å². The van der Waals surface area contributed by atoms with E-state index in [4.69, 9.17) is 0 Å². The van der Waals surface area contributed by atoms with E-state index in [1.807, 2.05) is 34.5 Å². The Labute approximate surface area is 166 Å². The first kappa shape index (κ1) is 19.3. The Hall–Kier alpha value is -1.50. The van der Waals surface area contributed by atoms with Crippen LogP contribution in [-0.2, 0) is 4.79 Å². The van der Waals surface area contributed by atoms with Crippen molar-refractivity contribution in [3.05, 3.63) is 56.7 Å². The standard InChI is InChI=1S/C20H22BrNO3S/c21-15-7-5-14(6-8-15)17(23)9-10-20(25)22-11-1-3-16(22)13-18(24)19-4-2-12-26-19/h2,4-8,12,16,18,24H,1,3,9-11,13H2. The van der Waals surface area contributed by atoms with E-state index in [2.05, 4.69) is 15.9 Å². The van der Waals surface area contributed by atoms with Crippen LogP contribution in [0.3, 0.4) is 0 Å². The average Bonchev–Trinajstić information content (AvgIpc) is 3.31. The predicted octanol–water partition coefficient (Wildman–Crippen LogP) is 4.59. The average molecular weight is 436 g/mol. The SMILES string of the molecule is O=C(CCC(=O)N1CCCC1CC(O)c1cccs1)c1ccc(Br)cc1. The molecule has 2 unspecified atom stereocenters. The molecule has 1 amide bonds. The first-order chi connectivity index (χ1) is 12.5. The van der Waals surface area contributed by atoms with Crippen LogP contribution in [0.1, 0.15) is 53.4 Å². The molecule has 1 aromatic carbocycles. The quantitative estimate of drug-likeness (QED) is 0.646. The van der Waals surface area contributed by atoms with Gasteiger partial charge in [-0.25, -0.2) is 0 Å². The lowest BCUT2D eigenvalue weighted by Crippen LogP contribution is -2.36. The minimum absolute atomic E-state index is 0.0105. The van der Waals surface area contributed by atoms with Gasteiger partial charge in [-0.1, -0.05) is 34.1 Å². The summed E-state index contributed by atoms with van der Waals surface area (Å²) in [4.78, 5) is 27.7. The van der Waals surface area contributed by atoms with Gasteiger partial charge in [-0.05, 0) is 42.8 Å². The van der Waals surface area contributed by atoms with Crippen molar-refractivity contribution in [1.82, 2.24) is 4.90 Å². The highest BCUT2D eigenvalue weighted by Gasteiger charge is 2.30. The number of aliphatic hydroxyl groups is 1. The fourth-order valence-corrected chi connectivity index (χ4v) is 4.40. The molecule has 1 aliphatic rings. The van der Waals surface area contributed by atoms with E-state index in [1.165, 1.54) is 11.3 Å². The Morgan fingerprint density at radius 3 is 2.69 bits per heavy atom. The summed E-state index contributed by atoms with van der Waals surface area (Å²) in [6.45, 7) is 0.715. The zero-order valence-corrected chi connectivity index (χ0v) is 16.8. The first-order valence-corrected chi connectivity index (χ1v) is 10.5. The second-order valence-electron chi connectivity index (χ2n) is 6.58. The van der Waals surface area contributed by atoms with Crippen LogP contribution in [0.2, 0.25) is 0 Å². The van der Waals surface area contributed by atoms with Crippen LogP contribution in [-0.4, -0.2) is 34.3 Å². The largest absolute Gasteiger partial charge is 0.387 e. The molecule has 0 spiro atoms. The monoisotopic (exact) mass is 435 g/mol. The molecule has 1 N–H and O–H groups in total. The van der Waals surface area contributed by atoms with Gasteiger partial charge in [0, 0.05) is 40.3 Å². The minimum Gasteiger partial charge on any atom is -0.387 e. The fraction of sp³-hybridized carbons (Fsp3) is 0.400. The summed E-state index contributed by atoms with van der Waals surface area (Å²) in [6, 6.07) is 11.1. The van der Waals surface area contributed by atoms with Crippen LogP contribution in [0.15, 0.2) is 46.3 Å². The molecular weight excluding hydrogens is 414 g/mol. The smallest absolute Gasteiger partial charge is 0.223 e. The maximum atomic E-state index is 12.6. The molecule has 2 aromatic rings. The molecule has 0 bridgehead atoms. The number of rotatable bonds is 7. The van der Waals surface area contributed by atoms with Gasteiger partial charge in [-0.3, -0.25) is 9.59 Å². The predicted molar refractivity (Wildman–Crippen MR) is 106 cm³/mol. The molecule has 1 fully saturated rings. The van der Waals surface area contributed by atoms with Crippen LogP contribution in [0.4, 0.5) is 0 Å². The third-order valence-electron chi connectivity index (χ3n) is 4.80. The van der Waals surface area contributed by atoms with Gasteiger partial charge >= 0.3 is 0 Å². The lowest BCUT2D eigenvalue weighted by Gasteiger charge is -2.26. The number of carbonyl (C=O) groups is 2. The summed E-state index contributed by atoms with van der Waals surface area (Å²) in [6.07, 6.45) is 2.34. The maximum absolute atomic E-state index is 12.6. The molecule has 6 heteroatoms. The van der Waals surface area contributed by atoms with Crippen molar-refractivity contribution in [2.75, 3.05) is 6.54 Å². The van der Waals surface area contributed by atoms with E-state index in [0.29, 0.717) is 18.5 Å². The van der Waals surface area contributed by atoms with Crippen LogP contribution in [0, 0.1) is 0 Å². The van der Waals surface area contributed by atoms with E-state index >= 15 is 0 Å². The van der Waals surface area contributed by atoms with Crippen molar-refractivity contribution >= 4 is 39.0 Å². The molecule has 1 saturated heterocycles. The summed E-state index contributed by atoms with van der Waals surface area (Å²) in [5, 5.41) is 12.3. The molecule has 0 saturated carbocycles. The normalized spacial score (nSPS) is 18.1. The molecule has 2 atom stereocenters. The van der Waals surface area contributed by atoms with Gasteiger partial charge < -0.3 is 10.0 Å². The van der Waals surface area contributed by atoms with Crippen molar-refractivity contribution in [3.63, 3.8) is 0 Å². The third kappa shape index (κ3) is 4.81. The van der Waals surface area contributed by atoms with Gasteiger partial charge in [0.25, 0.3) is 0 Å². The number of amides is 1. The van der Waals surface area contributed by atoms with Crippen molar-refractivity contribution in [2.24, 2.45) is 0 Å². The molecule has 1 aromatic heterocycles. The Morgan fingerprint density at radius 2 is 2.00 bits per heavy atom. The van der Waals surface area contributed by atoms with E-state index in [-0.39, 0.29) is 30.6 Å². The summed E-state index contributed by atoms with van der Waals surface area (Å²) < 4.78 is 0.925. The van der Waals surface area contributed by atoms with Crippen LogP contribution >= 0.6 is 27.3 Å². The molecule has 2 heterocycles. The number of halogens is 1. The summed E-state index contributed by atoms with van der Waals surface area (Å²) in [5.41, 5.74) is 0.632. The van der Waals surface area contributed by atoms with Gasteiger partial charge in [0.2, 0.25) is 5.91 Å².